The number of carbonyl (C=O) groups is 1. The number of hydrogen-bond acceptors (Lipinski definition) is 4. The average molecular weight is 458 g/mol. The molecule has 0 spiro atoms. The molecule has 1 heterocycles. The molecule has 0 saturated heterocycles. The van der Waals surface area contributed by atoms with E-state index < -0.39 is 16.8 Å². The quantitative estimate of drug-likeness (QED) is 0.251. The van der Waals surface area contributed by atoms with Gasteiger partial charge in [0.05, 0.1) is 23.4 Å². The summed E-state index contributed by atoms with van der Waals surface area (Å²) in [6.45, 7) is 11.0. The van der Waals surface area contributed by atoms with Gasteiger partial charge in [-0.3, -0.25) is 4.21 Å². The van der Waals surface area contributed by atoms with E-state index in [0.717, 1.165) is 52.7 Å². The third kappa shape index (κ3) is 7.47. The Labute approximate surface area is 195 Å². The smallest absolute Gasteiger partial charge is 0.128 e. The monoisotopic (exact) mass is 457 g/mol. The summed E-state index contributed by atoms with van der Waals surface area (Å²) in [6.07, 6.45) is 13.3. The molecule has 1 aliphatic heterocycles. The predicted molar refractivity (Wildman–Crippen MR) is 131 cm³/mol. The average Bonchev–Trinajstić information content (AvgIpc) is 2.72. The lowest BCUT2D eigenvalue weighted by Crippen LogP contribution is -2.28. The molecule has 0 N–H and O–H groups in total. The van der Waals surface area contributed by atoms with Crippen molar-refractivity contribution in [1.29, 1.82) is 0 Å². The Kier molecular flexibility index (Phi) is 9.95. The molecule has 176 valence electrons. The maximum absolute atomic E-state index is 12.8. The Hall–Kier alpha value is -2.14. The van der Waals surface area contributed by atoms with Crippen LogP contribution in [0.4, 0.5) is 0 Å². The Morgan fingerprint density at radius 3 is 2.59 bits per heavy atom. The molecule has 1 atom stereocenters. The molecule has 1 aliphatic rings. The fourth-order valence-corrected chi connectivity index (χ4v) is 5.59. The highest BCUT2D eigenvalue weighted by molar-refractivity contribution is 7.85. The number of unbranched alkanes of at least 4 members (excludes halogenated alkanes) is 4. The zero-order chi connectivity index (χ0) is 23.7. The van der Waals surface area contributed by atoms with Crippen LogP contribution in [0.1, 0.15) is 84.3 Å². The van der Waals surface area contributed by atoms with Crippen molar-refractivity contribution in [2.45, 2.75) is 83.5 Å². The second-order valence-corrected chi connectivity index (χ2v) is 10.7. The first kappa shape index (κ1) is 26.1. The zero-order valence-electron chi connectivity index (χ0n) is 20.2. The van der Waals surface area contributed by atoms with E-state index in [2.05, 4.69) is 26.8 Å². The predicted octanol–water partition coefficient (Wildman–Crippen LogP) is 5.48. The van der Waals surface area contributed by atoms with E-state index in [4.69, 9.17) is 4.74 Å². The third-order valence-corrected chi connectivity index (χ3v) is 7.35. The Balaban J connectivity index is 2.35. The minimum atomic E-state index is -1.20. The molecular formula is C27H37O4S-. The van der Waals surface area contributed by atoms with Gasteiger partial charge in [-0.15, -0.1) is 0 Å². The summed E-state index contributed by atoms with van der Waals surface area (Å²) in [5, 5.41) is 10.7. The molecule has 4 nitrogen and oxygen atoms in total. The Morgan fingerprint density at radius 1 is 1.19 bits per heavy atom. The molecule has 2 rings (SSSR count). The maximum Gasteiger partial charge on any atom is 0.128 e. The normalized spacial score (nSPS) is 18.6. The fourth-order valence-electron chi connectivity index (χ4n) is 3.85. The summed E-state index contributed by atoms with van der Waals surface area (Å²) < 4.78 is 19.0. The van der Waals surface area contributed by atoms with E-state index in [0.29, 0.717) is 17.9 Å². The number of rotatable bonds is 11. The highest BCUT2D eigenvalue weighted by Crippen LogP contribution is 2.41. The molecule has 0 fully saturated rings. The number of fused-ring (bicyclic) bond motifs is 1. The first-order valence-corrected chi connectivity index (χ1v) is 12.9. The first-order valence-electron chi connectivity index (χ1n) is 11.6. The van der Waals surface area contributed by atoms with E-state index in [1.807, 2.05) is 25.1 Å². The highest BCUT2D eigenvalue weighted by atomic mass is 32.2. The molecule has 1 unspecified atom stereocenters. The zero-order valence-corrected chi connectivity index (χ0v) is 21.0. The molecule has 5 heteroatoms. The first-order chi connectivity index (χ1) is 15.2. The summed E-state index contributed by atoms with van der Waals surface area (Å²) in [7, 11) is -1.00. The van der Waals surface area contributed by atoms with Crippen LogP contribution in [0, 0.1) is 0 Å². The third-order valence-electron chi connectivity index (χ3n) is 5.95. The number of allylic oxidation sites excluding steroid dienone is 5. The molecule has 0 saturated carbocycles. The van der Waals surface area contributed by atoms with Gasteiger partial charge in [0, 0.05) is 16.2 Å². The molecule has 0 aromatic heterocycles. The number of ether oxygens (including phenoxy) is 1. The van der Waals surface area contributed by atoms with Crippen LogP contribution in [0.3, 0.4) is 0 Å². The van der Waals surface area contributed by atoms with E-state index >= 15 is 0 Å². The van der Waals surface area contributed by atoms with Crippen molar-refractivity contribution in [2.75, 3.05) is 12.4 Å². The number of carboxylic acids is 1. The summed E-state index contributed by atoms with van der Waals surface area (Å²) in [5.41, 5.74) is 3.70. The van der Waals surface area contributed by atoms with Crippen LogP contribution in [-0.2, 0) is 21.0 Å². The lowest BCUT2D eigenvalue weighted by atomic mass is 9.80. The second kappa shape index (κ2) is 12.2. The van der Waals surface area contributed by atoms with Gasteiger partial charge in [0.25, 0.3) is 0 Å². The lowest BCUT2D eigenvalue weighted by Gasteiger charge is -2.33. The summed E-state index contributed by atoms with van der Waals surface area (Å²) in [4.78, 5) is 11.6. The lowest BCUT2D eigenvalue weighted by molar-refractivity contribution is -0.297. The van der Waals surface area contributed by atoms with E-state index in [-0.39, 0.29) is 5.41 Å². The van der Waals surface area contributed by atoms with Crippen molar-refractivity contribution in [3.05, 3.63) is 53.1 Å². The van der Waals surface area contributed by atoms with Gasteiger partial charge in [0.1, 0.15) is 5.75 Å². The van der Waals surface area contributed by atoms with Crippen LogP contribution >= 0.6 is 0 Å². The van der Waals surface area contributed by atoms with Crippen molar-refractivity contribution >= 4 is 22.3 Å². The minimum Gasteiger partial charge on any atom is -0.545 e. The molecule has 0 bridgehead atoms. The van der Waals surface area contributed by atoms with Crippen molar-refractivity contribution in [1.82, 2.24) is 0 Å². The minimum absolute atomic E-state index is 0.0411. The molecule has 32 heavy (non-hydrogen) atoms. The van der Waals surface area contributed by atoms with Gasteiger partial charge in [0.2, 0.25) is 0 Å². The maximum atomic E-state index is 12.8. The van der Waals surface area contributed by atoms with E-state index in [9.17, 15) is 14.1 Å². The van der Waals surface area contributed by atoms with Crippen molar-refractivity contribution in [3.8, 4) is 5.75 Å². The van der Waals surface area contributed by atoms with Crippen molar-refractivity contribution in [3.63, 3.8) is 0 Å². The van der Waals surface area contributed by atoms with Gasteiger partial charge in [-0.1, -0.05) is 64.7 Å². The van der Waals surface area contributed by atoms with Gasteiger partial charge < -0.3 is 14.6 Å². The fraction of sp³-hybridized carbons (Fsp3) is 0.519. The molecule has 0 aliphatic carbocycles. The highest BCUT2D eigenvalue weighted by Gasteiger charge is 2.32. The number of aliphatic carboxylic acids is 1. The van der Waals surface area contributed by atoms with Gasteiger partial charge >= 0.3 is 0 Å². The topological polar surface area (TPSA) is 66.4 Å². The van der Waals surface area contributed by atoms with E-state index in [1.165, 1.54) is 19.3 Å². The number of hydrogen-bond donors (Lipinski definition) is 0. The molecule has 1 aromatic carbocycles. The largest absolute Gasteiger partial charge is 0.545 e. The Morgan fingerprint density at radius 2 is 1.91 bits per heavy atom. The second-order valence-electron chi connectivity index (χ2n) is 9.21. The van der Waals surface area contributed by atoms with Crippen molar-refractivity contribution in [2.24, 2.45) is 0 Å². The standard InChI is InChI=1S/C27H38O4S/c1-6-7-8-9-10-15-31-24-19-25-23(27(4,5)14-16-32(25)30)18-22(24)21(3)13-11-12-20(2)17-26(28)29/h11-13,17-19H,6-10,14-16H2,1-5H3,(H,28,29)/p-1/b12-11+,20-17+,21-13+. The number of carbonyl (C=O) groups excluding carboxylic acids is 1. The number of benzene rings is 1. The van der Waals surface area contributed by atoms with Crippen molar-refractivity contribution < 1.29 is 18.8 Å². The van der Waals surface area contributed by atoms with Gasteiger partial charge in [-0.25, -0.2) is 0 Å². The van der Waals surface area contributed by atoms with E-state index in [1.54, 1.807) is 13.0 Å². The summed E-state index contributed by atoms with van der Waals surface area (Å²) in [6, 6.07) is 4.12. The molecule has 0 radical (unpaired) electrons. The van der Waals surface area contributed by atoms with Crippen LogP contribution in [0.2, 0.25) is 0 Å². The van der Waals surface area contributed by atoms with Crippen LogP contribution in [-0.4, -0.2) is 22.5 Å². The van der Waals surface area contributed by atoms with Gasteiger partial charge in [-0.2, -0.15) is 0 Å². The molecule has 0 amide bonds. The molecule has 1 aromatic rings. The van der Waals surface area contributed by atoms with Crippen LogP contribution < -0.4 is 9.84 Å². The van der Waals surface area contributed by atoms with Crippen LogP contribution in [0.5, 0.6) is 5.75 Å². The van der Waals surface area contributed by atoms with Gasteiger partial charge in [0.15, 0.2) is 0 Å². The SMILES string of the molecule is CCCCCCCOc1cc2c(cc1/C(C)=C/C=C/C(C)=C/C(=O)[O-])C(C)(C)CCS2=O. The summed E-state index contributed by atoms with van der Waals surface area (Å²) in [5.74, 6) is 0.249. The van der Waals surface area contributed by atoms with Crippen LogP contribution in [0.25, 0.3) is 5.57 Å². The molecular weight excluding hydrogens is 420 g/mol. The Bertz CT molecular complexity index is 922. The van der Waals surface area contributed by atoms with Crippen LogP contribution in [0.15, 0.2) is 46.9 Å². The summed E-state index contributed by atoms with van der Waals surface area (Å²) >= 11 is 0. The number of carboxylic acid groups (broad SMARTS) is 1. The van der Waals surface area contributed by atoms with Gasteiger partial charge in [-0.05, 0) is 67.0 Å².